The van der Waals surface area contributed by atoms with Crippen LogP contribution in [0.15, 0.2) is 243 Å². The Labute approximate surface area is 585 Å². The van der Waals surface area contributed by atoms with Gasteiger partial charge in [-0.3, -0.25) is 0 Å². The summed E-state index contributed by atoms with van der Waals surface area (Å²) in [5.41, 5.74) is 18.0. The molecular formula is C84H96Cl2Si2Zr2-2. The van der Waals surface area contributed by atoms with Crippen LogP contribution in [0.2, 0.25) is 26.2 Å². The van der Waals surface area contributed by atoms with Gasteiger partial charge in [0.1, 0.15) is 0 Å². The summed E-state index contributed by atoms with van der Waals surface area (Å²) in [4.78, 5) is 0. The minimum absolute atomic E-state index is 0. The number of rotatable bonds is 8. The van der Waals surface area contributed by atoms with Crippen molar-refractivity contribution < 1.29 is 71.5 Å². The minimum Gasteiger partial charge on any atom is -1.00 e. The van der Waals surface area contributed by atoms with Crippen molar-refractivity contribution in [2.45, 2.75) is 135 Å². The van der Waals surface area contributed by atoms with Gasteiger partial charge in [0, 0.05) is 0 Å². The van der Waals surface area contributed by atoms with Gasteiger partial charge in [0.2, 0.25) is 0 Å². The van der Waals surface area contributed by atoms with Crippen LogP contribution in [-0.4, -0.2) is 10.9 Å². The largest absolute Gasteiger partial charge is 1.00 e. The molecule has 12 aromatic rings. The van der Waals surface area contributed by atoms with Crippen molar-refractivity contribution >= 4 is 54.0 Å². The Morgan fingerprint density at radius 2 is 0.433 bits per heavy atom. The molecule has 0 atom stereocenters. The minimum atomic E-state index is 0. The van der Waals surface area contributed by atoms with E-state index in [0.29, 0.717) is 21.7 Å². The number of hydrogen-bond donors (Lipinski definition) is 0. The van der Waals surface area contributed by atoms with Crippen LogP contribution in [0.25, 0.3) is 87.6 Å². The molecule has 12 rings (SSSR count). The summed E-state index contributed by atoms with van der Waals surface area (Å²) in [6.07, 6.45) is 4.48. The van der Waals surface area contributed by atoms with E-state index < -0.39 is 0 Å². The molecule has 0 heterocycles. The number of benzene rings is 8. The van der Waals surface area contributed by atoms with Gasteiger partial charge in [-0.2, -0.15) is 24.3 Å². The Hall–Kier alpha value is -5.02. The molecule has 0 unspecified atom stereocenters. The van der Waals surface area contributed by atoms with Crippen molar-refractivity contribution in [1.82, 2.24) is 0 Å². The predicted octanol–water partition coefficient (Wildman–Crippen LogP) is 18.8. The molecule has 0 spiro atoms. The first-order valence-corrected chi connectivity index (χ1v) is 43.9. The monoisotopic (exact) mass is 1410 g/mol. The van der Waals surface area contributed by atoms with Crippen LogP contribution in [0, 0.1) is 21.7 Å². The van der Waals surface area contributed by atoms with Gasteiger partial charge in [-0.05, 0) is 69.6 Å². The summed E-state index contributed by atoms with van der Waals surface area (Å²) in [5, 5.41) is 10.9. The van der Waals surface area contributed by atoms with Gasteiger partial charge in [-0.15, -0.1) is 138 Å². The van der Waals surface area contributed by atoms with E-state index in [9.17, 15) is 0 Å². The van der Waals surface area contributed by atoms with Gasteiger partial charge in [0.25, 0.3) is 0 Å². The average molecular weight is 1420 g/mol. The van der Waals surface area contributed by atoms with Gasteiger partial charge in [-0.25, -0.2) is 0 Å². The zero-order chi connectivity index (χ0) is 63.8. The molecule has 0 fully saturated rings. The van der Waals surface area contributed by atoms with Gasteiger partial charge < -0.3 is 24.8 Å². The Bertz CT molecular complexity index is 3590. The van der Waals surface area contributed by atoms with Gasteiger partial charge >= 0.3 is 83.7 Å². The standard InChI is InChI=1S/4C20H21.2C2H6Si.2ClH.2Zr/c4*1-20(2,3)14-15-12-17-10-7-11-18(19(17)13-15)16-8-5-4-6-9-16;2*1-3-2;;;;/h4*4-13H,14H2,1-3H3;2*1-2H3;2*1H;;/q4*-1;;;;;2*+2/p-2. The second kappa shape index (κ2) is 34.8. The molecule has 0 aliphatic rings. The topological polar surface area (TPSA) is 0 Å². The van der Waals surface area contributed by atoms with Gasteiger partial charge in [-0.1, -0.05) is 251 Å². The summed E-state index contributed by atoms with van der Waals surface area (Å²) >= 11 is 3.48. The van der Waals surface area contributed by atoms with Crippen molar-refractivity contribution in [2.75, 3.05) is 0 Å². The second-order valence-electron chi connectivity index (χ2n) is 29.1. The molecule has 0 saturated heterocycles. The van der Waals surface area contributed by atoms with Crippen LogP contribution in [0.1, 0.15) is 105 Å². The Balaban J connectivity index is 0.000000208. The van der Waals surface area contributed by atoms with E-state index in [1.807, 2.05) is 0 Å². The van der Waals surface area contributed by atoms with E-state index >= 15 is 0 Å². The Kier molecular flexibility index (Phi) is 29.2. The smallest absolute Gasteiger partial charge is 1.00 e. The van der Waals surface area contributed by atoms with Crippen LogP contribution in [0.3, 0.4) is 0 Å². The van der Waals surface area contributed by atoms with E-state index in [-0.39, 0.29) is 35.7 Å². The zero-order valence-corrected chi connectivity index (χ0v) is 65.1. The van der Waals surface area contributed by atoms with E-state index in [1.165, 1.54) is 110 Å². The number of hydrogen-bond acceptors (Lipinski definition) is 0. The fraction of sp³-hybridized carbons (Fsp3) is 0.286. The molecule has 0 aliphatic heterocycles. The molecule has 0 saturated carbocycles. The van der Waals surface area contributed by atoms with Crippen molar-refractivity contribution in [3.63, 3.8) is 0 Å². The molecule has 0 amide bonds. The summed E-state index contributed by atoms with van der Waals surface area (Å²) < 4.78 is 0. The van der Waals surface area contributed by atoms with E-state index in [1.54, 1.807) is 46.7 Å². The summed E-state index contributed by atoms with van der Waals surface area (Å²) in [6, 6.07) is 87.8. The molecule has 464 valence electrons. The van der Waals surface area contributed by atoms with Gasteiger partial charge in [0.15, 0.2) is 0 Å². The maximum atomic E-state index is 2.36. The third-order valence-corrected chi connectivity index (χ3v) is 14.5. The molecule has 0 bridgehead atoms. The fourth-order valence-corrected chi connectivity index (χ4v) is 11.5. The second-order valence-corrected chi connectivity index (χ2v) is 47.9. The van der Waals surface area contributed by atoms with Crippen LogP contribution < -0.4 is 24.8 Å². The summed E-state index contributed by atoms with van der Waals surface area (Å²) in [7, 11) is 0. The molecular weight excluding hydrogens is 1320 g/mol. The maximum Gasteiger partial charge on any atom is -1.00 e. The Morgan fingerprint density at radius 3 is 0.589 bits per heavy atom. The van der Waals surface area contributed by atoms with E-state index in [4.69, 9.17) is 0 Å². The first-order valence-electron chi connectivity index (χ1n) is 31.6. The Morgan fingerprint density at radius 1 is 0.267 bits per heavy atom. The SMILES string of the molecule is CC(C)(C)Cc1cc2c(-c3ccccc3)cccc2[cH-]1.CC(C)(C)Cc1cc2c(-c3ccccc3)cccc2[cH-]1.CC(C)(C)Cc1cc2c(-c3ccccc3)cccc2[cH-]1.CC(C)(C)Cc1cc2c(-c3ccccc3)cccc2[cH-]1.C[Si](C)=[Zr+2].C[Si](C)=[Zr+2].[Cl-].[Cl-]. The van der Waals surface area contributed by atoms with E-state index in [0.717, 1.165) is 25.7 Å². The zero-order valence-electron chi connectivity index (χ0n) is 56.7. The predicted molar refractivity (Wildman–Crippen MR) is 388 cm³/mol. The molecule has 6 heteroatoms. The molecule has 0 N–H and O–H groups in total. The normalized spacial score (nSPS) is 11.2. The fourth-order valence-electron chi connectivity index (χ4n) is 11.5. The first-order chi connectivity index (χ1) is 41.6. The summed E-state index contributed by atoms with van der Waals surface area (Å²) in [5.74, 6) is 0. The third-order valence-electron chi connectivity index (χ3n) is 14.5. The van der Waals surface area contributed by atoms with Crippen molar-refractivity contribution in [3.8, 4) is 44.5 Å². The number of halogens is 2. The summed E-state index contributed by atoms with van der Waals surface area (Å²) in [6.45, 7) is 36.8. The van der Waals surface area contributed by atoms with Crippen LogP contribution in [-0.2, 0) is 72.4 Å². The van der Waals surface area contributed by atoms with Crippen LogP contribution in [0.4, 0.5) is 0 Å². The quantitative estimate of drug-likeness (QED) is 0.105. The molecule has 90 heavy (non-hydrogen) atoms. The molecule has 0 aliphatic carbocycles. The molecule has 0 nitrogen and oxygen atoms in total. The molecule has 0 radical (unpaired) electrons. The number of fused-ring (bicyclic) bond motifs is 4. The van der Waals surface area contributed by atoms with Crippen LogP contribution >= 0.6 is 0 Å². The first kappa shape index (κ1) is 75.7. The van der Waals surface area contributed by atoms with Gasteiger partial charge in [0.05, 0.1) is 0 Å². The van der Waals surface area contributed by atoms with Crippen molar-refractivity contribution in [3.05, 3.63) is 265 Å². The van der Waals surface area contributed by atoms with Crippen LogP contribution in [0.5, 0.6) is 0 Å². The van der Waals surface area contributed by atoms with Crippen molar-refractivity contribution in [1.29, 1.82) is 0 Å². The average Bonchev–Trinajstić information content (AvgIpc) is 1.79. The van der Waals surface area contributed by atoms with Crippen molar-refractivity contribution in [2.24, 2.45) is 21.7 Å². The molecule has 12 aromatic carbocycles. The van der Waals surface area contributed by atoms with E-state index in [2.05, 4.69) is 352 Å². The third kappa shape index (κ3) is 24.5. The molecule has 0 aromatic heterocycles. The maximum absolute atomic E-state index is 2.36.